The molecular formula is C21H36IN5O2. The minimum atomic E-state index is -0.0540. The highest BCUT2D eigenvalue weighted by molar-refractivity contribution is 14.0. The largest absolute Gasteiger partial charge is 0.383 e. The number of hydrogen-bond acceptors (Lipinski definition) is 4. The molecule has 2 rings (SSSR count). The minimum absolute atomic E-state index is 0. The predicted molar refractivity (Wildman–Crippen MR) is 129 cm³/mol. The van der Waals surface area contributed by atoms with Gasteiger partial charge in [-0.3, -0.25) is 14.7 Å². The fraction of sp³-hybridized carbons (Fsp3) is 0.619. The Hall–Kier alpha value is -1.39. The molecule has 0 atom stereocenters. The molecule has 2 N–H and O–H groups in total. The van der Waals surface area contributed by atoms with Gasteiger partial charge in [0.25, 0.3) is 0 Å². The fourth-order valence-electron chi connectivity index (χ4n) is 3.23. The first-order valence-corrected chi connectivity index (χ1v) is 10.1. The summed E-state index contributed by atoms with van der Waals surface area (Å²) < 4.78 is 4.93. The number of halogens is 1. The van der Waals surface area contributed by atoms with E-state index in [1.165, 1.54) is 11.1 Å². The zero-order chi connectivity index (χ0) is 20.4. The molecule has 1 aromatic carbocycles. The first-order valence-electron chi connectivity index (χ1n) is 10.1. The maximum absolute atomic E-state index is 11.8. The van der Waals surface area contributed by atoms with Crippen LogP contribution in [0.1, 0.15) is 30.9 Å². The number of guanidine groups is 1. The van der Waals surface area contributed by atoms with Crippen LogP contribution in [0.3, 0.4) is 0 Å². The molecule has 1 aliphatic heterocycles. The molecular weight excluding hydrogens is 481 g/mol. The van der Waals surface area contributed by atoms with Gasteiger partial charge in [-0.15, -0.1) is 24.0 Å². The normalized spacial score (nSPS) is 15.2. The summed E-state index contributed by atoms with van der Waals surface area (Å²) in [5, 5.41) is 5.95. The van der Waals surface area contributed by atoms with Gasteiger partial charge >= 0.3 is 0 Å². The maximum Gasteiger partial charge on any atom is 0.239 e. The quantitative estimate of drug-likeness (QED) is 0.239. The molecule has 1 saturated heterocycles. The molecule has 1 amide bonds. The summed E-state index contributed by atoms with van der Waals surface area (Å²) in [6.07, 6.45) is 0. The molecule has 1 fully saturated rings. The van der Waals surface area contributed by atoms with Crippen LogP contribution in [0.4, 0.5) is 0 Å². The van der Waals surface area contributed by atoms with Crippen LogP contribution in [0.2, 0.25) is 0 Å². The van der Waals surface area contributed by atoms with Gasteiger partial charge in [-0.1, -0.05) is 38.1 Å². The van der Waals surface area contributed by atoms with Crippen LogP contribution < -0.4 is 10.6 Å². The summed E-state index contributed by atoms with van der Waals surface area (Å²) in [5.74, 6) is 1.29. The lowest BCUT2D eigenvalue weighted by Gasteiger charge is -2.36. The molecule has 0 aliphatic carbocycles. The van der Waals surface area contributed by atoms with E-state index in [9.17, 15) is 4.79 Å². The van der Waals surface area contributed by atoms with E-state index in [4.69, 9.17) is 4.74 Å². The predicted octanol–water partition coefficient (Wildman–Crippen LogP) is 1.88. The number of nitrogens with zero attached hydrogens (tertiary/aromatic N) is 3. The number of rotatable bonds is 8. The van der Waals surface area contributed by atoms with Crippen LogP contribution in [-0.4, -0.2) is 81.7 Å². The summed E-state index contributed by atoms with van der Waals surface area (Å²) in [4.78, 5) is 20.8. The molecule has 7 nitrogen and oxygen atoms in total. The first-order chi connectivity index (χ1) is 13.5. The SMILES string of the molecule is CN=C(NCC(=O)NCCOC)N1CCN(Cc2ccc(C(C)C)cc2)CC1.I. The molecule has 1 aliphatic rings. The number of ether oxygens (including phenoxy) is 1. The summed E-state index contributed by atoms with van der Waals surface area (Å²) in [7, 11) is 3.38. The van der Waals surface area contributed by atoms with Crippen LogP contribution in [0.15, 0.2) is 29.3 Å². The third kappa shape index (κ3) is 8.88. The van der Waals surface area contributed by atoms with Gasteiger partial charge in [0, 0.05) is 53.4 Å². The first kappa shape index (κ1) is 25.6. The van der Waals surface area contributed by atoms with E-state index in [0.29, 0.717) is 19.1 Å². The lowest BCUT2D eigenvalue weighted by atomic mass is 10.0. The van der Waals surface area contributed by atoms with Crippen LogP contribution in [-0.2, 0) is 16.1 Å². The van der Waals surface area contributed by atoms with Crippen molar-refractivity contribution in [1.29, 1.82) is 0 Å². The van der Waals surface area contributed by atoms with Crippen molar-refractivity contribution in [1.82, 2.24) is 20.4 Å². The third-order valence-corrected chi connectivity index (χ3v) is 4.97. The smallest absolute Gasteiger partial charge is 0.239 e. The van der Waals surface area contributed by atoms with Gasteiger partial charge < -0.3 is 20.3 Å². The standard InChI is InChI=1S/C21H35N5O2.HI/c1-17(2)19-7-5-18(6-8-19)16-25-10-12-26(13-11-25)21(22-3)24-15-20(27)23-9-14-28-4;/h5-8,17H,9-16H2,1-4H3,(H,22,24)(H,23,27);1H. The van der Waals surface area contributed by atoms with Gasteiger partial charge in [-0.2, -0.15) is 0 Å². The van der Waals surface area contributed by atoms with E-state index >= 15 is 0 Å². The molecule has 1 aromatic rings. The topological polar surface area (TPSA) is 69.2 Å². The number of piperazine rings is 1. The average Bonchev–Trinajstić information content (AvgIpc) is 2.70. The Labute approximate surface area is 192 Å². The summed E-state index contributed by atoms with van der Waals surface area (Å²) in [6, 6.07) is 8.95. The lowest BCUT2D eigenvalue weighted by molar-refractivity contribution is -0.120. The van der Waals surface area contributed by atoms with Crippen LogP contribution in [0, 0.1) is 0 Å². The van der Waals surface area contributed by atoms with Crippen LogP contribution in [0.25, 0.3) is 0 Å². The lowest BCUT2D eigenvalue weighted by Crippen LogP contribution is -2.53. The highest BCUT2D eigenvalue weighted by atomic mass is 127. The highest BCUT2D eigenvalue weighted by Gasteiger charge is 2.20. The van der Waals surface area contributed by atoms with E-state index in [-0.39, 0.29) is 36.4 Å². The third-order valence-electron chi connectivity index (χ3n) is 4.97. The van der Waals surface area contributed by atoms with Crippen molar-refractivity contribution >= 4 is 35.8 Å². The van der Waals surface area contributed by atoms with E-state index in [2.05, 4.69) is 63.5 Å². The van der Waals surface area contributed by atoms with Crippen molar-refractivity contribution in [2.24, 2.45) is 4.99 Å². The molecule has 0 unspecified atom stereocenters. The number of carbonyl (C=O) groups is 1. The van der Waals surface area contributed by atoms with Crippen molar-refractivity contribution in [2.45, 2.75) is 26.3 Å². The number of nitrogens with one attached hydrogen (secondary N) is 2. The second-order valence-corrected chi connectivity index (χ2v) is 7.40. The van der Waals surface area contributed by atoms with Gasteiger partial charge in [-0.25, -0.2) is 0 Å². The van der Waals surface area contributed by atoms with Gasteiger partial charge in [0.15, 0.2) is 5.96 Å². The highest BCUT2D eigenvalue weighted by Crippen LogP contribution is 2.16. The van der Waals surface area contributed by atoms with E-state index in [0.717, 1.165) is 38.7 Å². The Balaban J connectivity index is 0.00000420. The van der Waals surface area contributed by atoms with E-state index in [1.54, 1.807) is 14.2 Å². The molecule has 1 heterocycles. The number of amides is 1. The summed E-state index contributed by atoms with van der Waals surface area (Å²) in [6.45, 7) is 10.4. The van der Waals surface area contributed by atoms with Crippen molar-refractivity contribution in [3.63, 3.8) is 0 Å². The molecule has 0 saturated carbocycles. The Morgan fingerprint density at radius 2 is 1.79 bits per heavy atom. The second-order valence-electron chi connectivity index (χ2n) is 7.40. The number of hydrogen-bond donors (Lipinski definition) is 2. The molecule has 8 heteroatoms. The maximum atomic E-state index is 11.8. The zero-order valence-corrected chi connectivity index (χ0v) is 20.4. The Morgan fingerprint density at radius 1 is 1.14 bits per heavy atom. The fourth-order valence-corrected chi connectivity index (χ4v) is 3.23. The number of carbonyl (C=O) groups excluding carboxylic acids is 1. The Bertz CT molecular complexity index is 628. The number of aliphatic imine (C=N–C) groups is 1. The van der Waals surface area contributed by atoms with Crippen LogP contribution in [0.5, 0.6) is 0 Å². The van der Waals surface area contributed by atoms with Gasteiger partial charge in [0.05, 0.1) is 13.2 Å². The van der Waals surface area contributed by atoms with Crippen LogP contribution >= 0.6 is 24.0 Å². The van der Waals surface area contributed by atoms with E-state index in [1.807, 2.05) is 0 Å². The Morgan fingerprint density at radius 3 is 2.34 bits per heavy atom. The van der Waals surface area contributed by atoms with Gasteiger partial charge in [-0.05, 0) is 17.0 Å². The monoisotopic (exact) mass is 517 g/mol. The molecule has 0 bridgehead atoms. The van der Waals surface area contributed by atoms with Crippen molar-refractivity contribution in [2.75, 3.05) is 60.0 Å². The molecule has 0 aromatic heterocycles. The minimum Gasteiger partial charge on any atom is -0.383 e. The number of benzene rings is 1. The average molecular weight is 517 g/mol. The Kier molecular flexibility index (Phi) is 12.2. The van der Waals surface area contributed by atoms with Gasteiger partial charge in [0.1, 0.15) is 0 Å². The zero-order valence-electron chi connectivity index (χ0n) is 18.1. The summed E-state index contributed by atoms with van der Waals surface area (Å²) >= 11 is 0. The molecule has 29 heavy (non-hydrogen) atoms. The van der Waals surface area contributed by atoms with Crippen molar-refractivity contribution < 1.29 is 9.53 Å². The second kappa shape index (κ2) is 13.8. The van der Waals surface area contributed by atoms with E-state index < -0.39 is 0 Å². The summed E-state index contributed by atoms with van der Waals surface area (Å²) in [5.41, 5.74) is 2.74. The number of methoxy groups -OCH3 is 1. The van der Waals surface area contributed by atoms with Crippen molar-refractivity contribution in [3.8, 4) is 0 Å². The molecule has 0 spiro atoms. The van der Waals surface area contributed by atoms with Crippen molar-refractivity contribution in [3.05, 3.63) is 35.4 Å². The molecule has 0 radical (unpaired) electrons. The van der Waals surface area contributed by atoms with Gasteiger partial charge in [0.2, 0.25) is 5.91 Å². The molecule has 164 valence electrons.